The molecule has 0 aromatic carbocycles. The van der Waals surface area contributed by atoms with Gasteiger partial charge in [-0.05, 0) is 7.05 Å². The van der Waals surface area contributed by atoms with Gasteiger partial charge in [0.2, 0.25) is 0 Å². The van der Waals surface area contributed by atoms with E-state index in [0.29, 0.717) is 6.54 Å². The number of nitrogens with zero attached hydrogens (tertiary/aromatic N) is 1. The van der Waals surface area contributed by atoms with Gasteiger partial charge in [-0.25, -0.2) is 0 Å². The topological polar surface area (TPSA) is 34.3 Å². The summed E-state index contributed by atoms with van der Waals surface area (Å²) in [7, 11) is 1.80. The van der Waals surface area contributed by atoms with E-state index in [9.17, 15) is 0 Å². The van der Waals surface area contributed by atoms with E-state index in [1.54, 1.807) is 7.05 Å². The van der Waals surface area contributed by atoms with Crippen LogP contribution in [-0.4, -0.2) is 20.1 Å². The second kappa shape index (κ2) is 3.92. The van der Waals surface area contributed by atoms with E-state index >= 15 is 0 Å². The van der Waals surface area contributed by atoms with Crippen molar-refractivity contribution in [1.82, 2.24) is 11.1 Å². The Balaban J connectivity index is 2.19. The lowest BCUT2D eigenvalue weighted by molar-refractivity contribution is 0.790. The van der Waals surface area contributed by atoms with Crippen molar-refractivity contribution in [3.8, 4) is 0 Å². The average molecular weight is 72.1 g/mol. The van der Waals surface area contributed by atoms with Gasteiger partial charge in [0.05, 0.1) is 0 Å². The Morgan fingerprint density at radius 2 is 2.40 bits per heavy atom. The van der Waals surface area contributed by atoms with Crippen LogP contribution in [0, 0.1) is 0 Å². The quantitative estimate of drug-likeness (QED) is 0.458. The molecule has 2 nitrogen and oxygen atoms in total. The summed E-state index contributed by atoms with van der Waals surface area (Å²) >= 11 is 0. The standard InChI is InChI=1S/C3H8N2/c1-5-3-2-4/h5H,2-3H2,1H3. The molecule has 0 aliphatic carbocycles. The van der Waals surface area contributed by atoms with Crippen molar-refractivity contribution < 1.29 is 0 Å². The van der Waals surface area contributed by atoms with Crippen LogP contribution in [0.3, 0.4) is 0 Å². The van der Waals surface area contributed by atoms with Crippen LogP contribution in [0.2, 0.25) is 0 Å². The zero-order valence-corrected chi connectivity index (χ0v) is 3.36. The molecule has 0 spiro atoms. The van der Waals surface area contributed by atoms with Gasteiger partial charge in [0.25, 0.3) is 0 Å². The van der Waals surface area contributed by atoms with Gasteiger partial charge < -0.3 is 5.32 Å². The van der Waals surface area contributed by atoms with Crippen molar-refractivity contribution in [2.75, 3.05) is 20.1 Å². The summed E-state index contributed by atoms with van der Waals surface area (Å²) in [5.41, 5.74) is 8.00. The van der Waals surface area contributed by atoms with Gasteiger partial charge in [0.15, 0.2) is 0 Å². The van der Waals surface area contributed by atoms with E-state index in [0.717, 1.165) is 0 Å². The highest BCUT2D eigenvalue weighted by atomic mass is 14.8. The van der Waals surface area contributed by atoms with Gasteiger partial charge in [0, 0.05) is 13.1 Å². The third-order valence-corrected chi connectivity index (χ3v) is 0.362. The zero-order chi connectivity index (χ0) is 4.12. The number of likely N-dealkylation sites (N-methyl/N-ethyl adjacent to an activating group) is 1. The first-order valence-electron chi connectivity index (χ1n) is 1.67. The first-order chi connectivity index (χ1) is 2.41. The van der Waals surface area contributed by atoms with Gasteiger partial charge in [-0.15, -0.1) is 5.73 Å². The lowest BCUT2D eigenvalue weighted by Gasteiger charge is -1.82. The minimum absolute atomic E-state index is 0.233. The molecule has 0 atom stereocenters. The summed E-state index contributed by atoms with van der Waals surface area (Å²) in [6, 6.07) is 0. The molecule has 0 aliphatic rings. The van der Waals surface area contributed by atoms with Crippen LogP contribution in [0.4, 0.5) is 0 Å². The zero-order valence-electron chi connectivity index (χ0n) is 3.36. The molecule has 0 saturated carbocycles. The molecule has 2 heteroatoms. The fraction of sp³-hybridized carbons (Fsp3) is 1.00. The molecule has 0 aliphatic heterocycles. The Labute approximate surface area is 32.4 Å². The summed E-state index contributed by atoms with van der Waals surface area (Å²) in [6.07, 6.45) is 0. The van der Waals surface area contributed by atoms with Crippen LogP contribution in [0.5, 0.6) is 0 Å². The summed E-state index contributed by atoms with van der Waals surface area (Å²) in [4.78, 5) is 0. The molecule has 5 heavy (non-hydrogen) atoms. The van der Waals surface area contributed by atoms with E-state index in [1.165, 1.54) is 0 Å². The third-order valence-electron chi connectivity index (χ3n) is 0.362. The van der Waals surface area contributed by atoms with Crippen molar-refractivity contribution in [2.45, 2.75) is 0 Å². The summed E-state index contributed by atoms with van der Waals surface area (Å²) in [5.74, 6) is 0. The SMILES string of the molecule is CNCC[N]. The molecule has 0 fully saturated rings. The molecule has 30 valence electrons. The summed E-state index contributed by atoms with van der Waals surface area (Å²) < 4.78 is 0. The van der Waals surface area contributed by atoms with Crippen LogP contribution in [0.25, 0.3) is 0 Å². The maximum atomic E-state index is 8.00. The van der Waals surface area contributed by atoms with Crippen molar-refractivity contribution in [2.24, 2.45) is 0 Å². The van der Waals surface area contributed by atoms with Crippen LogP contribution < -0.4 is 11.1 Å². The van der Waals surface area contributed by atoms with Gasteiger partial charge in [-0.1, -0.05) is 0 Å². The van der Waals surface area contributed by atoms with Gasteiger partial charge in [0.1, 0.15) is 0 Å². The maximum Gasteiger partial charge on any atom is 0.0446 e. The van der Waals surface area contributed by atoms with E-state index in [2.05, 4.69) is 5.32 Å². The summed E-state index contributed by atoms with van der Waals surface area (Å²) in [5, 5.41) is 2.77. The van der Waals surface area contributed by atoms with Gasteiger partial charge >= 0.3 is 0 Å². The molecule has 0 unspecified atom stereocenters. The molecular formula is C3H8N2. The smallest absolute Gasteiger partial charge is 0.0446 e. The largest absolute Gasteiger partial charge is 0.318 e. The van der Waals surface area contributed by atoms with E-state index in [1.807, 2.05) is 0 Å². The van der Waals surface area contributed by atoms with Gasteiger partial charge in [-0.2, -0.15) is 0 Å². The average Bonchev–Trinajstić information content (AvgIpc) is 1.41. The predicted octanol–water partition coefficient (Wildman–Crippen LogP) is -0.726. The molecule has 0 amide bonds. The lowest BCUT2D eigenvalue weighted by atomic mass is 10.7. The molecule has 0 aromatic heterocycles. The molecule has 0 saturated heterocycles. The van der Waals surface area contributed by atoms with Crippen LogP contribution in [0.1, 0.15) is 0 Å². The van der Waals surface area contributed by atoms with E-state index < -0.39 is 0 Å². The Morgan fingerprint density at radius 1 is 1.80 bits per heavy atom. The highest BCUT2D eigenvalue weighted by molar-refractivity contribution is 4.32. The second-order valence-corrected chi connectivity index (χ2v) is 0.827. The normalized spacial score (nSPS) is 8.40. The highest BCUT2D eigenvalue weighted by Crippen LogP contribution is 1.40. The molecule has 0 aromatic rings. The summed E-state index contributed by atoms with van der Waals surface area (Å²) in [6.45, 7) is 0.927. The Kier molecular flexibility index (Phi) is 3.86. The Morgan fingerprint density at radius 3 is 2.40 bits per heavy atom. The number of hydrogen-bond donors (Lipinski definition) is 1. The maximum absolute atomic E-state index is 8.00. The minimum atomic E-state index is 0.233. The van der Waals surface area contributed by atoms with Crippen LogP contribution in [-0.2, 0) is 0 Å². The van der Waals surface area contributed by atoms with Crippen molar-refractivity contribution in [3.05, 3.63) is 0 Å². The molecule has 1 N–H and O–H groups in total. The highest BCUT2D eigenvalue weighted by Gasteiger charge is 1.67. The third kappa shape index (κ3) is 3.92. The van der Waals surface area contributed by atoms with Crippen molar-refractivity contribution in [3.63, 3.8) is 0 Å². The Hall–Kier alpha value is -0.0800. The number of hydrogen-bond acceptors (Lipinski definition) is 1. The molecule has 0 heterocycles. The van der Waals surface area contributed by atoms with Crippen LogP contribution in [0.15, 0.2) is 0 Å². The van der Waals surface area contributed by atoms with Crippen molar-refractivity contribution >= 4 is 0 Å². The molecule has 2 radical (unpaired) electrons. The minimum Gasteiger partial charge on any atom is -0.318 e. The molecular weight excluding hydrogens is 64.0 g/mol. The molecule has 0 rings (SSSR count). The van der Waals surface area contributed by atoms with Crippen molar-refractivity contribution in [1.29, 1.82) is 0 Å². The van der Waals surface area contributed by atoms with E-state index in [4.69, 9.17) is 5.73 Å². The van der Waals surface area contributed by atoms with Gasteiger partial charge in [-0.3, -0.25) is 0 Å². The number of rotatable bonds is 2. The van der Waals surface area contributed by atoms with Crippen LogP contribution >= 0.6 is 0 Å². The molecule has 0 bridgehead atoms. The Bertz CT molecular complexity index is 12.4. The van der Waals surface area contributed by atoms with E-state index in [-0.39, 0.29) is 6.54 Å². The first-order valence-corrected chi connectivity index (χ1v) is 1.67. The fourth-order valence-electron chi connectivity index (χ4n) is 0.112. The number of nitrogens with one attached hydrogen (secondary N) is 1. The second-order valence-electron chi connectivity index (χ2n) is 0.827. The monoisotopic (exact) mass is 72.1 g/mol. The predicted molar refractivity (Wildman–Crippen MR) is 20.9 cm³/mol. The lowest BCUT2D eigenvalue weighted by Crippen LogP contribution is -2.11. The fourth-order valence-corrected chi connectivity index (χ4v) is 0.112. The first kappa shape index (κ1) is 4.92.